The number of nitrogens with one attached hydrogen (secondary N) is 2. The molecule has 0 saturated carbocycles. The van der Waals surface area contributed by atoms with Crippen molar-refractivity contribution in [2.24, 2.45) is 0 Å². The van der Waals surface area contributed by atoms with Gasteiger partial charge in [0.2, 0.25) is 0 Å². The Morgan fingerprint density at radius 1 is 1.21 bits per heavy atom. The van der Waals surface area contributed by atoms with Crippen LogP contribution < -0.4 is 10.6 Å². The van der Waals surface area contributed by atoms with Crippen molar-refractivity contribution < 1.29 is 9.90 Å². The number of anilines is 2. The zero-order chi connectivity index (χ0) is 17.7. The number of phenols is 1. The first-order valence-electron chi connectivity index (χ1n) is 7.14. The number of carbonyl (C=O) groups is 1. The minimum Gasteiger partial charge on any atom is -0.506 e. The highest BCUT2D eigenvalue weighted by Gasteiger charge is 2.11. The predicted molar refractivity (Wildman–Crippen MR) is 103 cm³/mol. The fourth-order valence-corrected chi connectivity index (χ4v) is 2.67. The average molecular weight is 433 g/mol. The molecule has 0 fully saturated rings. The predicted octanol–water partition coefficient (Wildman–Crippen LogP) is 4.07. The molecule has 0 radical (unpaired) electrons. The molecule has 0 spiro atoms. The molecule has 0 aliphatic carbocycles. The van der Waals surface area contributed by atoms with Crippen molar-refractivity contribution in [3.05, 3.63) is 62.9 Å². The highest BCUT2D eigenvalue weighted by atomic mass is 127. The van der Waals surface area contributed by atoms with Crippen LogP contribution in [-0.2, 0) is 4.79 Å². The van der Waals surface area contributed by atoms with Gasteiger partial charge in [-0.2, -0.15) is 5.26 Å². The molecule has 5 nitrogen and oxygen atoms in total. The fraction of sp³-hybridized carbons (Fsp3) is 0.111. The average Bonchev–Trinajstić information content (AvgIpc) is 2.54. The zero-order valence-electron chi connectivity index (χ0n) is 13.2. The lowest BCUT2D eigenvalue weighted by Crippen LogP contribution is -2.15. The molecule has 0 aromatic heterocycles. The van der Waals surface area contributed by atoms with E-state index in [9.17, 15) is 15.2 Å². The number of amides is 1. The maximum absolute atomic E-state index is 12.2. The lowest BCUT2D eigenvalue weighted by atomic mass is 10.2. The lowest BCUT2D eigenvalue weighted by molar-refractivity contribution is -0.112. The van der Waals surface area contributed by atoms with E-state index < -0.39 is 5.91 Å². The second kappa shape index (κ2) is 7.84. The minimum atomic E-state index is -0.513. The van der Waals surface area contributed by atoms with E-state index in [2.05, 4.69) is 33.2 Å². The molecule has 1 amide bonds. The molecule has 6 heteroatoms. The van der Waals surface area contributed by atoms with Crippen molar-refractivity contribution in [1.82, 2.24) is 0 Å². The molecule has 0 aliphatic heterocycles. The summed E-state index contributed by atoms with van der Waals surface area (Å²) in [4.78, 5) is 12.2. The summed E-state index contributed by atoms with van der Waals surface area (Å²) in [5.41, 5.74) is 2.85. The Morgan fingerprint density at radius 2 is 1.96 bits per heavy atom. The second-order valence-corrected chi connectivity index (χ2v) is 6.49. The number of aryl methyl sites for hydroxylation is 2. The van der Waals surface area contributed by atoms with Gasteiger partial charge in [-0.05, 0) is 77.9 Å². The van der Waals surface area contributed by atoms with E-state index in [-0.39, 0.29) is 11.3 Å². The lowest BCUT2D eigenvalue weighted by Gasteiger charge is -2.09. The Hall–Kier alpha value is -2.53. The van der Waals surface area contributed by atoms with Crippen LogP contribution in [0, 0.1) is 28.7 Å². The van der Waals surface area contributed by atoms with Gasteiger partial charge >= 0.3 is 0 Å². The molecular formula is C18H16IN3O2. The number of phenolic OH excluding ortho intramolecular Hbond substituents is 1. The van der Waals surface area contributed by atoms with Crippen molar-refractivity contribution in [3.63, 3.8) is 0 Å². The number of carbonyl (C=O) groups excluding carboxylic acids is 1. The normalized spacial score (nSPS) is 10.8. The molecule has 2 aromatic rings. The van der Waals surface area contributed by atoms with Gasteiger partial charge in [-0.3, -0.25) is 4.79 Å². The maximum atomic E-state index is 12.2. The first kappa shape index (κ1) is 17.8. The van der Waals surface area contributed by atoms with E-state index in [4.69, 9.17) is 0 Å². The van der Waals surface area contributed by atoms with Crippen molar-refractivity contribution in [2.45, 2.75) is 13.8 Å². The van der Waals surface area contributed by atoms with E-state index in [1.165, 1.54) is 6.20 Å². The Labute approximate surface area is 154 Å². The zero-order valence-corrected chi connectivity index (χ0v) is 15.4. The molecule has 0 unspecified atom stereocenters. The number of nitriles is 1. The molecular weight excluding hydrogens is 417 g/mol. The van der Waals surface area contributed by atoms with Gasteiger partial charge < -0.3 is 15.7 Å². The highest BCUT2D eigenvalue weighted by Crippen LogP contribution is 2.24. The van der Waals surface area contributed by atoms with Crippen LogP contribution >= 0.6 is 22.6 Å². The Bertz CT molecular complexity index is 854. The third-order valence-electron chi connectivity index (χ3n) is 3.33. The van der Waals surface area contributed by atoms with Crippen LogP contribution in [0.4, 0.5) is 11.4 Å². The summed E-state index contributed by atoms with van der Waals surface area (Å²) in [6.07, 6.45) is 1.28. The monoisotopic (exact) mass is 433 g/mol. The summed E-state index contributed by atoms with van der Waals surface area (Å²) in [7, 11) is 0. The van der Waals surface area contributed by atoms with E-state index >= 15 is 0 Å². The topological polar surface area (TPSA) is 85.2 Å². The molecule has 0 aliphatic rings. The Kier molecular flexibility index (Phi) is 5.82. The van der Waals surface area contributed by atoms with E-state index in [0.717, 1.165) is 14.7 Å². The van der Waals surface area contributed by atoms with Gasteiger partial charge in [0.25, 0.3) is 5.91 Å². The Morgan fingerprint density at radius 3 is 2.62 bits per heavy atom. The summed E-state index contributed by atoms with van der Waals surface area (Å²) in [6, 6.07) is 12.5. The Balaban J connectivity index is 2.16. The van der Waals surface area contributed by atoms with Crippen molar-refractivity contribution in [2.75, 3.05) is 10.6 Å². The second-order valence-electron chi connectivity index (χ2n) is 5.25. The summed E-state index contributed by atoms with van der Waals surface area (Å²) in [5, 5.41) is 24.5. The summed E-state index contributed by atoms with van der Waals surface area (Å²) in [6.45, 7) is 3.77. The SMILES string of the molecule is Cc1ccc(O)c(N/C=C(/C#N)C(=O)Nc2ccc(I)cc2C)c1. The van der Waals surface area contributed by atoms with Gasteiger partial charge in [0, 0.05) is 15.5 Å². The van der Waals surface area contributed by atoms with Crippen LogP contribution in [-0.4, -0.2) is 11.0 Å². The molecule has 122 valence electrons. The minimum absolute atomic E-state index is 0.0445. The smallest absolute Gasteiger partial charge is 0.267 e. The number of rotatable bonds is 4. The van der Waals surface area contributed by atoms with Crippen LogP contribution in [0.2, 0.25) is 0 Å². The van der Waals surface area contributed by atoms with Crippen LogP contribution in [0.3, 0.4) is 0 Å². The summed E-state index contributed by atoms with van der Waals surface area (Å²) >= 11 is 2.19. The third-order valence-corrected chi connectivity index (χ3v) is 4.00. The molecule has 24 heavy (non-hydrogen) atoms. The molecule has 0 bridgehead atoms. The fourth-order valence-electron chi connectivity index (χ4n) is 2.02. The van der Waals surface area contributed by atoms with Gasteiger partial charge in [0.1, 0.15) is 17.4 Å². The van der Waals surface area contributed by atoms with Crippen molar-refractivity contribution in [3.8, 4) is 11.8 Å². The summed E-state index contributed by atoms with van der Waals surface area (Å²) < 4.78 is 1.07. The van der Waals surface area contributed by atoms with Gasteiger partial charge in [0.15, 0.2) is 0 Å². The van der Waals surface area contributed by atoms with Gasteiger partial charge in [-0.15, -0.1) is 0 Å². The quantitative estimate of drug-likeness (QED) is 0.294. The number of hydrogen-bond donors (Lipinski definition) is 3. The van der Waals surface area contributed by atoms with Gasteiger partial charge in [0.05, 0.1) is 5.69 Å². The molecule has 2 aromatic carbocycles. The molecule has 0 atom stereocenters. The van der Waals surface area contributed by atoms with E-state index in [1.807, 2.05) is 32.0 Å². The summed E-state index contributed by atoms with van der Waals surface area (Å²) in [5.74, 6) is -0.468. The third kappa shape index (κ3) is 4.49. The van der Waals surface area contributed by atoms with Gasteiger partial charge in [-0.1, -0.05) is 6.07 Å². The van der Waals surface area contributed by atoms with Crippen molar-refractivity contribution >= 4 is 39.9 Å². The van der Waals surface area contributed by atoms with E-state index in [1.54, 1.807) is 24.3 Å². The van der Waals surface area contributed by atoms with Crippen molar-refractivity contribution in [1.29, 1.82) is 5.26 Å². The molecule has 0 heterocycles. The number of halogens is 1. The largest absolute Gasteiger partial charge is 0.506 e. The van der Waals surface area contributed by atoms with Crippen LogP contribution in [0.15, 0.2) is 48.2 Å². The number of nitrogens with zero attached hydrogens (tertiary/aromatic N) is 1. The van der Waals surface area contributed by atoms with E-state index in [0.29, 0.717) is 11.4 Å². The standard InChI is InChI=1S/C18H16IN3O2/c1-11-3-6-17(23)16(7-11)21-10-13(9-20)18(24)22-15-5-4-14(19)8-12(15)2/h3-8,10,21,23H,1-2H3,(H,22,24)/b13-10-. The maximum Gasteiger partial charge on any atom is 0.267 e. The van der Waals surface area contributed by atoms with Crippen LogP contribution in [0.25, 0.3) is 0 Å². The number of aromatic hydroxyl groups is 1. The first-order chi connectivity index (χ1) is 11.4. The molecule has 2 rings (SSSR count). The van der Waals surface area contributed by atoms with Crippen LogP contribution in [0.1, 0.15) is 11.1 Å². The van der Waals surface area contributed by atoms with Gasteiger partial charge in [-0.25, -0.2) is 0 Å². The number of benzene rings is 2. The number of hydrogen-bond acceptors (Lipinski definition) is 4. The van der Waals surface area contributed by atoms with Crippen LogP contribution in [0.5, 0.6) is 5.75 Å². The first-order valence-corrected chi connectivity index (χ1v) is 8.22. The highest BCUT2D eigenvalue weighted by molar-refractivity contribution is 14.1. The molecule has 3 N–H and O–H groups in total. The molecule has 0 saturated heterocycles.